The summed E-state index contributed by atoms with van der Waals surface area (Å²) in [5, 5.41) is -1.65. The van der Waals surface area contributed by atoms with E-state index in [-0.39, 0.29) is 16.7 Å². The van der Waals surface area contributed by atoms with Crippen LogP contribution in [-0.4, -0.2) is 10.5 Å². The van der Waals surface area contributed by atoms with E-state index in [0.717, 1.165) is 0 Å². The zero-order chi connectivity index (χ0) is 12.5. The summed E-state index contributed by atoms with van der Waals surface area (Å²) in [6, 6.07) is 3.88. The molecule has 0 saturated carbocycles. The molecule has 2 nitrogen and oxygen atoms in total. The predicted molar refractivity (Wildman–Crippen MR) is 66.0 cm³/mol. The number of carbonyl (C=O) groups is 2. The van der Waals surface area contributed by atoms with E-state index in [0.29, 0.717) is 0 Å². The van der Waals surface area contributed by atoms with Crippen LogP contribution in [0, 0.1) is 0 Å². The summed E-state index contributed by atoms with van der Waals surface area (Å²) in [6.07, 6.45) is 0. The van der Waals surface area contributed by atoms with E-state index in [1.54, 1.807) is 0 Å². The van der Waals surface area contributed by atoms with E-state index in [2.05, 4.69) is 0 Å². The lowest BCUT2D eigenvalue weighted by molar-refractivity contribution is 0.105. The molecule has 16 heavy (non-hydrogen) atoms. The van der Waals surface area contributed by atoms with Crippen molar-refractivity contribution in [3.05, 3.63) is 34.9 Å². The molecule has 0 heterocycles. The Morgan fingerprint density at radius 1 is 0.938 bits per heavy atom. The lowest BCUT2D eigenvalue weighted by Gasteiger charge is -2.12. The maximum atomic E-state index is 11.1. The molecule has 0 fully saturated rings. The van der Waals surface area contributed by atoms with Gasteiger partial charge in [-0.05, 0) is 35.3 Å². The summed E-state index contributed by atoms with van der Waals surface area (Å²) in [7, 11) is 0. The van der Waals surface area contributed by atoms with Gasteiger partial charge in [-0.15, -0.1) is 0 Å². The molecule has 7 heteroatoms. The zero-order valence-electron chi connectivity index (χ0n) is 7.44. The minimum atomic E-state index is -1.70. The van der Waals surface area contributed by atoms with Crippen molar-refractivity contribution in [2.45, 2.75) is 3.79 Å². The fraction of sp³-hybridized carbons (Fsp3) is 0.111. The molecular formula is C9H3Cl5O2. The summed E-state index contributed by atoms with van der Waals surface area (Å²) in [5.41, 5.74) is 0.105. The Bertz CT molecular complexity index is 450. The van der Waals surface area contributed by atoms with Crippen molar-refractivity contribution in [2.75, 3.05) is 0 Å². The first-order chi connectivity index (χ1) is 7.23. The second-order valence-electron chi connectivity index (χ2n) is 2.81. The van der Waals surface area contributed by atoms with Crippen LogP contribution >= 0.6 is 58.0 Å². The standard InChI is InChI=1S/C9H3Cl5O2/c10-7(15)5-2-1-4(9(12,13)14)3-6(5)8(11)16/h1-3H. The fourth-order valence-corrected chi connectivity index (χ4v) is 1.73. The Labute approximate surface area is 116 Å². The van der Waals surface area contributed by atoms with Gasteiger partial charge < -0.3 is 0 Å². The van der Waals surface area contributed by atoms with Gasteiger partial charge in [0.25, 0.3) is 10.5 Å². The fourth-order valence-electron chi connectivity index (χ4n) is 1.05. The van der Waals surface area contributed by atoms with Crippen LogP contribution in [0.2, 0.25) is 0 Å². The highest BCUT2D eigenvalue weighted by atomic mass is 35.6. The average molecular weight is 320 g/mol. The topological polar surface area (TPSA) is 34.1 Å². The average Bonchev–Trinajstić information content (AvgIpc) is 2.15. The lowest BCUT2D eigenvalue weighted by atomic mass is 10.1. The summed E-state index contributed by atoms with van der Waals surface area (Å²) >= 11 is 27.4. The van der Waals surface area contributed by atoms with E-state index < -0.39 is 14.3 Å². The van der Waals surface area contributed by atoms with Crippen molar-refractivity contribution in [3.8, 4) is 0 Å². The number of alkyl halides is 3. The Hall–Kier alpha value is 0.01000. The molecule has 1 aromatic carbocycles. The molecule has 0 aromatic heterocycles. The Kier molecular flexibility index (Phi) is 4.49. The summed E-state index contributed by atoms with van der Waals surface area (Å²) in [4.78, 5) is 22.1. The largest absolute Gasteiger partial charge is 0.276 e. The van der Waals surface area contributed by atoms with Crippen molar-refractivity contribution < 1.29 is 9.59 Å². The molecule has 0 N–H and O–H groups in total. The van der Waals surface area contributed by atoms with Gasteiger partial charge in [-0.3, -0.25) is 9.59 Å². The van der Waals surface area contributed by atoms with Crippen LogP contribution in [0.1, 0.15) is 26.3 Å². The number of rotatable bonds is 2. The predicted octanol–water partition coefficient (Wildman–Crippen LogP) is 4.27. The monoisotopic (exact) mass is 318 g/mol. The Morgan fingerprint density at radius 2 is 1.44 bits per heavy atom. The smallest absolute Gasteiger partial charge is 0.253 e. The van der Waals surface area contributed by atoms with Gasteiger partial charge in [0.2, 0.25) is 3.79 Å². The van der Waals surface area contributed by atoms with Crippen LogP contribution < -0.4 is 0 Å². The molecule has 0 amide bonds. The van der Waals surface area contributed by atoms with Gasteiger partial charge in [0.05, 0.1) is 0 Å². The molecule has 86 valence electrons. The molecule has 0 saturated heterocycles. The van der Waals surface area contributed by atoms with E-state index >= 15 is 0 Å². The van der Waals surface area contributed by atoms with Crippen molar-refractivity contribution in [1.29, 1.82) is 0 Å². The van der Waals surface area contributed by atoms with Crippen molar-refractivity contribution in [2.24, 2.45) is 0 Å². The molecular weight excluding hydrogens is 317 g/mol. The highest BCUT2D eigenvalue weighted by molar-refractivity contribution is 6.72. The van der Waals surface area contributed by atoms with Gasteiger partial charge in [-0.2, -0.15) is 0 Å². The minimum Gasteiger partial charge on any atom is -0.276 e. The highest BCUT2D eigenvalue weighted by Crippen LogP contribution is 2.39. The summed E-state index contributed by atoms with van der Waals surface area (Å²) < 4.78 is -1.70. The first-order valence-corrected chi connectivity index (χ1v) is 5.73. The van der Waals surface area contributed by atoms with Crippen LogP contribution in [-0.2, 0) is 3.79 Å². The van der Waals surface area contributed by atoms with Crippen LogP contribution in [0.4, 0.5) is 0 Å². The second kappa shape index (κ2) is 5.11. The minimum absolute atomic E-state index is 0.0281. The maximum absolute atomic E-state index is 11.1. The Morgan fingerprint density at radius 3 is 1.81 bits per heavy atom. The van der Waals surface area contributed by atoms with Crippen molar-refractivity contribution in [1.82, 2.24) is 0 Å². The molecule has 0 radical (unpaired) electrons. The first-order valence-electron chi connectivity index (χ1n) is 3.84. The third-order valence-electron chi connectivity index (χ3n) is 1.77. The SMILES string of the molecule is O=C(Cl)c1ccc(C(Cl)(Cl)Cl)cc1C(=O)Cl. The maximum Gasteiger partial charge on any atom is 0.253 e. The molecule has 0 atom stereocenters. The second-order valence-corrected chi connectivity index (χ2v) is 5.77. The highest BCUT2D eigenvalue weighted by Gasteiger charge is 2.25. The Balaban J connectivity index is 3.40. The number of benzene rings is 1. The molecule has 0 spiro atoms. The van der Waals surface area contributed by atoms with E-state index in [9.17, 15) is 9.59 Å². The van der Waals surface area contributed by atoms with Crippen molar-refractivity contribution >= 4 is 68.5 Å². The van der Waals surface area contributed by atoms with Crippen LogP contribution in [0.5, 0.6) is 0 Å². The van der Waals surface area contributed by atoms with E-state index in [1.165, 1.54) is 18.2 Å². The summed E-state index contributed by atoms with van der Waals surface area (Å²) in [6.45, 7) is 0. The molecule has 1 rings (SSSR count). The summed E-state index contributed by atoms with van der Waals surface area (Å²) in [5.74, 6) is 0. The molecule has 1 aromatic rings. The lowest BCUT2D eigenvalue weighted by Crippen LogP contribution is -2.06. The van der Waals surface area contributed by atoms with Gasteiger partial charge in [0.15, 0.2) is 0 Å². The number of carbonyl (C=O) groups excluding carboxylic acids is 2. The van der Waals surface area contributed by atoms with Gasteiger partial charge in [0.1, 0.15) is 0 Å². The number of hydrogen-bond donors (Lipinski definition) is 0. The molecule has 0 aliphatic heterocycles. The van der Waals surface area contributed by atoms with Crippen LogP contribution in [0.25, 0.3) is 0 Å². The quantitative estimate of drug-likeness (QED) is 0.602. The number of halogens is 5. The first kappa shape index (κ1) is 14.1. The normalized spacial score (nSPS) is 11.3. The van der Waals surface area contributed by atoms with Gasteiger partial charge >= 0.3 is 0 Å². The van der Waals surface area contributed by atoms with Crippen molar-refractivity contribution in [3.63, 3.8) is 0 Å². The van der Waals surface area contributed by atoms with Crippen LogP contribution in [0.3, 0.4) is 0 Å². The third-order valence-corrected chi connectivity index (χ3v) is 2.83. The van der Waals surface area contributed by atoms with Gasteiger partial charge in [-0.1, -0.05) is 40.9 Å². The zero-order valence-corrected chi connectivity index (χ0v) is 11.2. The third kappa shape index (κ3) is 3.25. The van der Waals surface area contributed by atoms with Crippen LogP contribution in [0.15, 0.2) is 18.2 Å². The van der Waals surface area contributed by atoms with E-state index in [1.807, 2.05) is 0 Å². The number of hydrogen-bond acceptors (Lipinski definition) is 2. The molecule has 0 aliphatic carbocycles. The van der Waals surface area contributed by atoms with Gasteiger partial charge in [0, 0.05) is 16.7 Å². The van der Waals surface area contributed by atoms with Gasteiger partial charge in [-0.25, -0.2) is 0 Å². The molecule has 0 aliphatic rings. The molecule has 0 unspecified atom stereocenters. The molecule has 0 bridgehead atoms. The van der Waals surface area contributed by atoms with E-state index in [4.69, 9.17) is 58.0 Å².